The number of ether oxygens (including phenoxy) is 1. The highest BCUT2D eigenvalue weighted by molar-refractivity contribution is 7.99. The van der Waals surface area contributed by atoms with Gasteiger partial charge in [0.1, 0.15) is 5.75 Å². The summed E-state index contributed by atoms with van der Waals surface area (Å²) in [5.41, 5.74) is 5.76. The maximum absolute atomic E-state index is 12.5. The van der Waals surface area contributed by atoms with Crippen molar-refractivity contribution in [1.82, 2.24) is 20.2 Å². The lowest BCUT2D eigenvalue weighted by Crippen LogP contribution is -2.21. The van der Waals surface area contributed by atoms with Crippen molar-refractivity contribution in [3.05, 3.63) is 89.4 Å². The predicted octanol–water partition coefficient (Wildman–Crippen LogP) is 5.23. The van der Waals surface area contributed by atoms with Crippen molar-refractivity contribution in [2.24, 2.45) is 5.10 Å². The Morgan fingerprint density at radius 3 is 2.44 bits per heavy atom. The van der Waals surface area contributed by atoms with Gasteiger partial charge < -0.3 is 4.74 Å². The highest BCUT2D eigenvalue weighted by Gasteiger charge is 2.17. The Labute approximate surface area is 206 Å². The minimum atomic E-state index is -0.259. The summed E-state index contributed by atoms with van der Waals surface area (Å²) in [6, 6.07) is 24.7. The van der Waals surface area contributed by atoms with Crippen LogP contribution in [-0.4, -0.2) is 39.2 Å². The molecular formula is C25H22ClN5O2S. The second-order valence-electron chi connectivity index (χ2n) is 7.21. The fourth-order valence-electron chi connectivity index (χ4n) is 3.22. The van der Waals surface area contributed by atoms with Gasteiger partial charge in [-0.25, -0.2) is 5.43 Å². The van der Waals surface area contributed by atoms with Crippen molar-refractivity contribution in [3.63, 3.8) is 0 Å². The molecule has 1 aromatic heterocycles. The Morgan fingerprint density at radius 2 is 1.74 bits per heavy atom. The molecule has 4 rings (SSSR count). The molecule has 9 heteroatoms. The third kappa shape index (κ3) is 5.47. The van der Waals surface area contributed by atoms with E-state index in [0.29, 0.717) is 21.7 Å². The van der Waals surface area contributed by atoms with Crippen LogP contribution >= 0.6 is 23.4 Å². The summed E-state index contributed by atoms with van der Waals surface area (Å²) in [4.78, 5) is 12.5. The lowest BCUT2D eigenvalue weighted by Gasteiger charge is -2.10. The van der Waals surface area contributed by atoms with Crippen molar-refractivity contribution in [2.75, 3.05) is 12.9 Å². The Balaban J connectivity index is 1.52. The van der Waals surface area contributed by atoms with E-state index in [9.17, 15) is 4.79 Å². The largest absolute Gasteiger partial charge is 0.497 e. The number of nitrogens with one attached hydrogen (secondary N) is 1. The van der Waals surface area contributed by atoms with Crippen LogP contribution in [0, 0.1) is 0 Å². The predicted molar refractivity (Wildman–Crippen MR) is 136 cm³/mol. The molecule has 0 saturated heterocycles. The molecule has 0 bridgehead atoms. The number of carbonyl (C=O) groups excluding carboxylic acids is 1. The summed E-state index contributed by atoms with van der Waals surface area (Å²) in [6.07, 6.45) is 0. The zero-order chi connectivity index (χ0) is 23.9. The van der Waals surface area contributed by atoms with Gasteiger partial charge in [0, 0.05) is 21.8 Å². The van der Waals surface area contributed by atoms with Crippen LogP contribution in [0.3, 0.4) is 0 Å². The number of rotatable bonds is 8. The normalized spacial score (nSPS) is 11.3. The number of hydrazone groups is 1. The lowest BCUT2D eigenvalue weighted by atomic mass is 10.1. The van der Waals surface area contributed by atoms with Gasteiger partial charge in [0.2, 0.25) is 0 Å². The molecule has 7 nitrogen and oxygen atoms in total. The number of aromatic nitrogens is 3. The van der Waals surface area contributed by atoms with Gasteiger partial charge in [0.05, 0.1) is 18.6 Å². The Kier molecular flexibility index (Phi) is 7.61. The molecule has 1 amide bonds. The van der Waals surface area contributed by atoms with Gasteiger partial charge >= 0.3 is 0 Å². The Bertz CT molecular complexity index is 1310. The van der Waals surface area contributed by atoms with E-state index in [2.05, 4.69) is 20.7 Å². The maximum Gasteiger partial charge on any atom is 0.250 e. The highest BCUT2D eigenvalue weighted by atomic mass is 35.5. The van der Waals surface area contributed by atoms with Crippen molar-refractivity contribution in [1.29, 1.82) is 0 Å². The van der Waals surface area contributed by atoms with Gasteiger partial charge in [0.15, 0.2) is 11.0 Å². The number of benzene rings is 3. The van der Waals surface area contributed by atoms with Crippen LogP contribution in [0.1, 0.15) is 12.5 Å². The van der Waals surface area contributed by atoms with Gasteiger partial charge in [-0.3, -0.25) is 9.36 Å². The van der Waals surface area contributed by atoms with E-state index >= 15 is 0 Å². The van der Waals surface area contributed by atoms with E-state index in [0.717, 1.165) is 22.6 Å². The third-order valence-corrected chi connectivity index (χ3v) is 6.20. The van der Waals surface area contributed by atoms with E-state index in [-0.39, 0.29) is 11.7 Å². The maximum atomic E-state index is 12.5. The average Bonchev–Trinajstić information content (AvgIpc) is 3.31. The van der Waals surface area contributed by atoms with E-state index in [4.69, 9.17) is 16.3 Å². The van der Waals surface area contributed by atoms with Crippen LogP contribution in [-0.2, 0) is 4.79 Å². The lowest BCUT2D eigenvalue weighted by molar-refractivity contribution is -0.118. The first-order valence-electron chi connectivity index (χ1n) is 10.4. The topological polar surface area (TPSA) is 81.4 Å². The number of halogens is 1. The molecule has 0 radical (unpaired) electrons. The molecule has 0 aliphatic carbocycles. The van der Waals surface area contributed by atoms with Crippen LogP contribution in [0.2, 0.25) is 5.02 Å². The molecule has 1 heterocycles. The number of hydrogen-bond acceptors (Lipinski definition) is 6. The third-order valence-electron chi connectivity index (χ3n) is 4.94. The molecule has 1 N–H and O–H groups in total. The molecule has 0 unspecified atom stereocenters. The fourth-order valence-corrected chi connectivity index (χ4v) is 4.24. The number of methoxy groups -OCH3 is 1. The average molecular weight is 492 g/mol. The zero-order valence-electron chi connectivity index (χ0n) is 18.6. The molecule has 34 heavy (non-hydrogen) atoms. The summed E-state index contributed by atoms with van der Waals surface area (Å²) >= 11 is 7.48. The Morgan fingerprint density at radius 1 is 1.03 bits per heavy atom. The van der Waals surface area contributed by atoms with Crippen molar-refractivity contribution >= 4 is 35.0 Å². The number of hydrogen-bond donors (Lipinski definition) is 1. The summed E-state index contributed by atoms with van der Waals surface area (Å²) in [6.45, 7) is 1.79. The number of amides is 1. The summed E-state index contributed by atoms with van der Waals surface area (Å²) in [7, 11) is 1.63. The van der Waals surface area contributed by atoms with Crippen LogP contribution in [0.15, 0.2) is 89.1 Å². The number of para-hydroxylation sites is 1. The molecule has 4 aromatic rings. The molecule has 0 atom stereocenters. The molecule has 0 spiro atoms. The smallest absolute Gasteiger partial charge is 0.250 e. The standard InChI is InChI=1S/C25H22ClN5O2S/c1-17(21-10-6-7-11-22(21)26)27-28-23(32)16-34-25-30-29-24(18-12-14-20(33-2)15-13-18)31(25)19-8-4-3-5-9-19/h3-15H,16H2,1-2H3,(H,28,32)/b27-17+. The minimum Gasteiger partial charge on any atom is -0.497 e. The first-order valence-corrected chi connectivity index (χ1v) is 11.8. The fraction of sp³-hybridized carbons (Fsp3) is 0.120. The molecule has 0 aliphatic heterocycles. The first kappa shape index (κ1) is 23.5. The monoisotopic (exact) mass is 491 g/mol. The van der Waals surface area contributed by atoms with Gasteiger partial charge in [-0.15, -0.1) is 10.2 Å². The van der Waals surface area contributed by atoms with E-state index in [1.807, 2.05) is 77.4 Å². The summed E-state index contributed by atoms with van der Waals surface area (Å²) in [5.74, 6) is 1.29. The zero-order valence-corrected chi connectivity index (χ0v) is 20.2. The second-order valence-corrected chi connectivity index (χ2v) is 8.56. The molecular weight excluding hydrogens is 470 g/mol. The van der Waals surface area contributed by atoms with Gasteiger partial charge in [-0.05, 0) is 49.4 Å². The molecule has 0 saturated carbocycles. The molecule has 3 aromatic carbocycles. The van der Waals surface area contributed by atoms with Crippen LogP contribution in [0.25, 0.3) is 17.1 Å². The van der Waals surface area contributed by atoms with E-state index in [1.165, 1.54) is 11.8 Å². The van der Waals surface area contributed by atoms with Crippen molar-refractivity contribution in [2.45, 2.75) is 12.1 Å². The Hall–Kier alpha value is -3.62. The SMILES string of the molecule is COc1ccc(-c2nnc(SCC(=O)N/N=C(\C)c3ccccc3Cl)n2-c2ccccc2)cc1. The molecule has 0 fully saturated rings. The number of thioether (sulfide) groups is 1. The van der Waals surface area contributed by atoms with Crippen LogP contribution < -0.4 is 10.2 Å². The van der Waals surface area contributed by atoms with Gasteiger partial charge in [-0.1, -0.05) is 59.8 Å². The highest BCUT2D eigenvalue weighted by Crippen LogP contribution is 2.29. The van der Waals surface area contributed by atoms with Crippen molar-refractivity contribution in [3.8, 4) is 22.8 Å². The summed E-state index contributed by atoms with van der Waals surface area (Å²) in [5, 5.41) is 14.1. The second kappa shape index (κ2) is 11.0. The van der Waals surface area contributed by atoms with Gasteiger partial charge in [-0.2, -0.15) is 5.10 Å². The number of carbonyl (C=O) groups is 1. The van der Waals surface area contributed by atoms with Crippen LogP contribution in [0.5, 0.6) is 5.75 Å². The molecule has 0 aliphatic rings. The van der Waals surface area contributed by atoms with Crippen molar-refractivity contribution < 1.29 is 9.53 Å². The van der Waals surface area contributed by atoms with E-state index < -0.39 is 0 Å². The molecule has 172 valence electrons. The first-order chi connectivity index (χ1) is 16.6. The van der Waals surface area contributed by atoms with Gasteiger partial charge in [0.25, 0.3) is 5.91 Å². The van der Waals surface area contributed by atoms with E-state index in [1.54, 1.807) is 20.1 Å². The van der Waals surface area contributed by atoms with Crippen LogP contribution in [0.4, 0.5) is 0 Å². The minimum absolute atomic E-state index is 0.118. The number of nitrogens with zero attached hydrogens (tertiary/aromatic N) is 4. The summed E-state index contributed by atoms with van der Waals surface area (Å²) < 4.78 is 7.18. The quantitative estimate of drug-likeness (QED) is 0.207.